The third-order valence-corrected chi connectivity index (χ3v) is 7.98. The maximum atomic E-state index is 5.15. The summed E-state index contributed by atoms with van der Waals surface area (Å²) in [7, 11) is 0. The van der Waals surface area contributed by atoms with Crippen molar-refractivity contribution in [3.05, 3.63) is 175 Å². The lowest BCUT2D eigenvalue weighted by atomic mass is 10.1. The van der Waals surface area contributed by atoms with Crippen LogP contribution >= 0.6 is 0 Å². The number of benzene rings is 4. The van der Waals surface area contributed by atoms with Crippen molar-refractivity contribution in [2.75, 3.05) is 0 Å². The topological polar surface area (TPSA) is 47.5 Å². The first-order valence-corrected chi connectivity index (χ1v) is 15.4. The molecule has 0 saturated heterocycles. The summed E-state index contributed by atoms with van der Waals surface area (Å²) in [6.07, 6.45) is 0. The van der Waals surface area contributed by atoms with E-state index in [1.165, 1.54) is 0 Å². The monoisotopic (exact) mass is 595 g/mol. The van der Waals surface area contributed by atoms with Crippen LogP contribution in [0.1, 0.15) is 25.2 Å². The number of nitrogens with zero attached hydrogens (tertiary/aromatic N) is 5. The molecule has 5 heteroatoms. The van der Waals surface area contributed by atoms with Gasteiger partial charge >= 0.3 is 0 Å². The Labute approximate surface area is 269 Å². The predicted octanol–water partition coefficient (Wildman–Crippen LogP) is 9.90. The van der Waals surface area contributed by atoms with E-state index in [-0.39, 0.29) is 0 Å². The van der Waals surface area contributed by atoms with Gasteiger partial charge in [-0.15, -0.1) is 0 Å². The molecule has 0 atom stereocenters. The molecule has 0 amide bonds. The Bertz CT molecular complexity index is 1870. The molecule has 3 aromatic heterocycles. The average Bonchev–Trinajstić information content (AvgIpc) is 3.74. The fourth-order valence-corrected chi connectivity index (χ4v) is 5.62. The van der Waals surface area contributed by atoms with Crippen LogP contribution in [-0.4, -0.2) is 25.8 Å². The second-order valence-corrected chi connectivity index (χ2v) is 11.1. The SMILES string of the molecule is C/C(=N\n1c(-c2ccccc2)ccc1-c1ccccc1)c1cccc(/C(C)=N/n2c(-c3ccccc3)ccc2-c2ccccc2)n1. The van der Waals surface area contributed by atoms with Crippen LogP contribution in [-0.2, 0) is 0 Å². The molecule has 46 heavy (non-hydrogen) atoms. The van der Waals surface area contributed by atoms with Gasteiger partial charge in [-0.05, 0) is 50.2 Å². The van der Waals surface area contributed by atoms with Crippen molar-refractivity contribution in [1.82, 2.24) is 14.3 Å². The molecule has 7 aromatic rings. The van der Waals surface area contributed by atoms with E-state index in [0.717, 1.165) is 67.8 Å². The normalized spacial score (nSPS) is 12.0. The summed E-state index contributed by atoms with van der Waals surface area (Å²) >= 11 is 0. The third kappa shape index (κ3) is 5.86. The summed E-state index contributed by atoms with van der Waals surface area (Å²) in [5.74, 6) is 0. The molecule has 0 N–H and O–H groups in total. The predicted molar refractivity (Wildman–Crippen MR) is 190 cm³/mol. The quantitative estimate of drug-likeness (QED) is 0.161. The van der Waals surface area contributed by atoms with Crippen molar-refractivity contribution in [1.29, 1.82) is 0 Å². The molecule has 0 bridgehead atoms. The van der Waals surface area contributed by atoms with Crippen molar-refractivity contribution < 1.29 is 0 Å². The minimum Gasteiger partial charge on any atom is -0.245 e. The van der Waals surface area contributed by atoms with E-state index in [1.54, 1.807) is 0 Å². The molecular formula is C41H33N5. The molecule has 0 spiro atoms. The van der Waals surface area contributed by atoms with E-state index in [2.05, 4.69) is 121 Å². The molecule has 0 fully saturated rings. The highest BCUT2D eigenvalue weighted by Crippen LogP contribution is 2.31. The smallest absolute Gasteiger partial charge is 0.0867 e. The van der Waals surface area contributed by atoms with Crippen LogP contribution in [0.5, 0.6) is 0 Å². The van der Waals surface area contributed by atoms with Gasteiger partial charge in [0.05, 0.1) is 45.6 Å². The van der Waals surface area contributed by atoms with E-state index in [0.29, 0.717) is 0 Å². The van der Waals surface area contributed by atoms with E-state index in [4.69, 9.17) is 15.2 Å². The Kier molecular flexibility index (Phi) is 8.04. The largest absolute Gasteiger partial charge is 0.245 e. The minimum absolute atomic E-state index is 0.790. The van der Waals surface area contributed by atoms with Gasteiger partial charge in [0.1, 0.15) is 0 Å². The highest BCUT2D eigenvalue weighted by molar-refractivity contribution is 6.01. The average molecular weight is 596 g/mol. The van der Waals surface area contributed by atoms with Crippen LogP contribution in [0.2, 0.25) is 0 Å². The van der Waals surface area contributed by atoms with Crippen molar-refractivity contribution in [2.45, 2.75) is 13.8 Å². The van der Waals surface area contributed by atoms with Gasteiger partial charge in [-0.3, -0.25) is 0 Å². The Morgan fingerprint density at radius 3 is 0.935 bits per heavy atom. The molecule has 0 radical (unpaired) electrons. The fourth-order valence-electron chi connectivity index (χ4n) is 5.62. The Hall–Kier alpha value is -6.07. The molecular weight excluding hydrogens is 562 g/mol. The van der Waals surface area contributed by atoms with Gasteiger partial charge in [-0.2, -0.15) is 10.2 Å². The van der Waals surface area contributed by atoms with Crippen LogP contribution < -0.4 is 0 Å². The first-order chi connectivity index (χ1) is 22.7. The lowest BCUT2D eigenvalue weighted by Crippen LogP contribution is -2.09. The van der Waals surface area contributed by atoms with Crippen molar-refractivity contribution in [3.63, 3.8) is 0 Å². The van der Waals surface area contributed by atoms with Crippen LogP contribution in [0.3, 0.4) is 0 Å². The summed E-state index contributed by atoms with van der Waals surface area (Å²) in [6.45, 7) is 4.02. The van der Waals surface area contributed by atoms with Gasteiger partial charge in [-0.1, -0.05) is 127 Å². The summed E-state index contributed by atoms with van der Waals surface area (Å²) in [5, 5.41) is 10.3. The highest BCUT2D eigenvalue weighted by atomic mass is 15.4. The number of hydrogen-bond donors (Lipinski definition) is 0. The number of pyridine rings is 1. The molecule has 0 aliphatic heterocycles. The summed E-state index contributed by atoms with van der Waals surface area (Å²) in [5.41, 5.74) is 11.6. The van der Waals surface area contributed by atoms with Crippen LogP contribution in [0.25, 0.3) is 45.0 Å². The number of aromatic nitrogens is 3. The molecule has 0 unspecified atom stereocenters. The maximum absolute atomic E-state index is 5.15. The van der Waals surface area contributed by atoms with Gasteiger partial charge in [0.15, 0.2) is 0 Å². The summed E-state index contributed by atoms with van der Waals surface area (Å²) < 4.78 is 4.04. The van der Waals surface area contributed by atoms with Crippen LogP contribution in [0.15, 0.2) is 174 Å². The van der Waals surface area contributed by atoms with Crippen molar-refractivity contribution in [2.24, 2.45) is 10.2 Å². The van der Waals surface area contributed by atoms with Gasteiger partial charge in [0, 0.05) is 22.3 Å². The molecule has 3 heterocycles. The molecule has 0 aliphatic rings. The maximum Gasteiger partial charge on any atom is 0.0867 e. The molecule has 4 aromatic carbocycles. The van der Waals surface area contributed by atoms with Crippen molar-refractivity contribution >= 4 is 11.4 Å². The Balaban J connectivity index is 1.29. The molecule has 0 aliphatic carbocycles. The number of hydrogen-bond acceptors (Lipinski definition) is 3. The highest BCUT2D eigenvalue weighted by Gasteiger charge is 2.15. The Morgan fingerprint density at radius 2 is 0.652 bits per heavy atom. The zero-order valence-electron chi connectivity index (χ0n) is 25.8. The standard InChI is InChI=1S/C41H33N5/c1-30(43-45-38(32-16-7-3-8-17-32)26-27-39(45)33-18-9-4-10-19-33)36-24-15-25-37(42-36)31(2)44-46-40(34-20-11-5-12-21-34)28-29-41(46)35-22-13-6-14-23-35/h3-29H,1-2H3/b43-30+,44-31+. The first kappa shape index (κ1) is 28.7. The molecule has 222 valence electrons. The molecule has 7 rings (SSSR count). The molecule has 5 nitrogen and oxygen atoms in total. The third-order valence-electron chi connectivity index (χ3n) is 7.98. The zero-order valence-corrected chi connectivity index (χ0v) is 25.8. The second kappa shape index (κ2) is 12.9. The van der Waals surface area contributed by atoms with Gasteiger partial charge < -0.3 is 0 Å². The summed E-state index contributed by atoms with van der Waals surface area (Å²) in [4.78, 5) is 5.06. The van der Waals surface area contributed by atoms with E-state index in [9.17, 15) is 0 Å². The van der Waals surface area contributed by atoms with Gasteiger partial charge in [0.25, 0.3) is 0 Å². The van der Waals surface area contributed by atoms with Gasteiger partial charge in [-0.25, -0.2) is 14.3 Å². The van der Waals surface area contributed by atoms with Crippen LogP contribution in [0, 0.1) is 0 Å². The van der Waals surface area contributed by atoms with Gasteiger partial charge in [0.2, 0.25) is 0 Å². The zero-order chi connectivity index (χ0) is 31.3. The first-order valence-electron chi connectivity index (χ1n) is 15.4. The fraction of sp³-hybridized carbons (Fsp3) is 0.0488. The van der Waals surface area contributed by atoms with E-state index in [1.807, 2.05) is 65.7 Å². The molecule has 0 saturated carbocycles. The van der Waals surface area contributed by atoms with Crippen molar-refractivity contribution in [3.8, 4) is 45.0 Å². The Morgan fingerprint density at radius 1 is 0.370 bits per heavy atom. The lowest BCUT2D eigenvalue weighted by Gasteiger charge is -2.12. The minimum atomic E-state index is 0.790. The lowest BCUT2D eigenvalue weighted by molar-refractivity contribution is 0.899. The summed E-state index contributed by atoms with van der Waals surface area (Å²) in [6, 6.07) is 55.9. The van der Waals surface area contributed by atoms with Crippen LogP contribution in [0.4, 0.5) is 0 Å². The number of rotatable bonds is 8. The second-order valence-electron chi connectivity index (χ2n) is 11.1. The van der Waals surface area contributed by atoms with E-state index < -0.39 is 0 Å². The van der Waals surface area contributed by atoms with E-state index >= 15 is 0 Å².